The fraction of sp³-hybridized carbons (Fsp3) is 0.923. The van der Waals surface area contributed by atoms with Crippen LogP contribution in [0.5, 0.6) is 0 Å². The molecule has 0 amide bonds. The van der Waals surface area contributed by atoms with E-state index in [2.05, 4.69) is 23.6 Å². The lowest BCUT2D eigenvalue weighted by atomic mass is 9.56. The van der Waals surface area contributed by atoms with Crippen molar-refractivity contribution in [2.24, 2.45) is 23.2 Å². The summed E-state index contributed by atoms with van der Waals surface area (Å²) in [6.45, 7) is 10.8. The minimum absolute atomic E-state index is 0.203. The predicted octanol–water partition coefficient (Wildman–Crippen LogP) is 4.71. The second kappa shape index (κ2) is 9.40. The highest BCUT2D eigenvalue weighted by atomic mass is 16.1. The zero-order chi connectivity index (χ0) is 21.3. The predicted molar refractivity (Wildman–Crippen MR) is 121 cm³/mol. The van der Waals surface area contributed by atoms with Crippen LogP contribution in [0, 0.1) is 23.2 Å². The monoisotopic (exact) mass is 416 g/mol. The number of nitrogens with zero attached hydrogens (tertiary/aromatic N) is 2. The van der Waals surface area contributed by atoms with E-state index in [4.69, 9.17) is 0 Å². The molecule has 4 heteroatoms. The van der Waals surface area contributed by atoms with Crippen LogP contribution in [0.1, 0.15) is 91.4 Å². The number of Topliss-reactive ketones (excluding diaryl/α,β-unsaturated/α-hetero) is 2. The molecule has 2 aliphatic carbocycles. The second-order valence-electron chi connectivity index (χ2n) is 11.3. The van der Waals surface area contributed by atoms with Gasteiger partial charge >= 0.3 is 0 Å². The Hall–Kier alpha value is -0.740. The van der Waals surface area contributed by atoms with E-state index in [1.165, 1.54) is 64.6 Å². The van der Waals surface area contributed by atoms with Crippen LogP contribution in [0.2, 0.25) is 0 Å². The van der Waals surface area contributed by atoms with Crippen molar-refractivity contribution in [2.45, 2.75) is 103 Å². The number of ketones is 2. The molecule has 0 N–H and O–H groups in total. The van der Waals surface area contributed by atoms with Gasteiger partial charge in [0, 0.05) is 42.8 Å². The lowest BCUT2D eigenvalue weighted by Gasteiger charge is -2.56. The Balaban J connectivity index is 1.19. The third kappa shape index (κ3) is 4.70. The summed E-state index contributed by atoms with van der Waals surface area (Å²) in [6, 6.07) is 1.49. The van der Waals surface area contributed by atoms with E-state index in [0.29, 0.717) is 41.3 Å². The maximum Gasteiger partial charge on any atom is 0.138 e. The molecule has 0 radical (unpaired) electrons. The van der Waals surface area contributed by atoms with Gasteiger partial charge in [0.05, 0.1) is 0 Å². The van der Waals surface area contributed by atoms with Gasteiger partial charge in [0.15, 0.2) is 0 Å². The summed E-state index contributed by atoms with van der Waals surface area (Å²) >= 11 is 0. The molecule has 4 nitrogen and oxygen atoms in total. The van der Waals surface area contributed by atoms with Gasteiger partial charge in [-0.1, -0.05) is 20.8 Å². The quantitative estimate of drug-likeness (QED) is 0.629. The first-order chi connectivity index (χ1) is 14.4. The van der Waals surface area contributed by atoms with Crippen molar-refractivity contribution < 1.29 is 9.59 Å². The van der Waals surface area contributed by atoms with Crippen molar-refractivity contribution >= 4 is 11.6 Å². The fourth-order valence-electron chi connectivity index (χ4n) is 7.10. The molecule has 2 aliphatic heterocycles. The highest BCUT2D eigenvalue weighted by Gasteiger charge is 2.49. The van der Waals surface area contributed by atoms with Crippen molar-refractivity contribution in [2.75, 3.05) is 26.2 Å². The van der Waals surface area contributed by atoms with Crippen LogP contribution in [0.4, 0.5) is 0 Å². The number of piperidine rings is 2. The lowest BCUT2D eigenvalue weighted by Crippen LogP contribution is -2.56. The third-order valence-electron chi connectivity index (χ3n) is 9.14. The molecular formula is C26H44N2O2. The molecule has 0 aromatic carbocycles. The molecule has 4 rings (SSSR count). The molecule has 0 unspecified atom stereocenters. The maximum absolute atomic E-state index is 12.3. The van der Waals surface area contributed by atoms with E-state index in [0.717, 1.165) is 31.8 Å². The zero-order valence-electron chi connectivity index (χ0n) is 19.7. The first-order valence-electron chi connectivity index (χ1n) is 13.0. The summed E-state index contributed by atoms with van der Waals surface area (Å²) in [5.41, 5.74) is 0.565. The first-order valence-corrected chi connectivity index (χ1v) is 13.0. The number of carbonyl (C=O) groups is 2. The molecule has 1 atom stereocenters. The molecular weight excluding hydrogens is 372 g/mol. The molecule has 0 bridgehead atoms. The van der Waals surface area contributed by atoms with Crippen molar-refractivity contribution in [1.29, 1.82) is 0 Å². The summed E-state index contributed by atoms with van der Waals surface area (Å²) in [7, 11) is 0. The Morgan fingerprint density at radius 1 is 0.867 bits per heavy atom. The van der Waals surface area contributed by atoms with Gasteiger partial charge in [-0.3, -0.25) is 14.5 Å². The molecule has 2 heterocycles. The van der Waals surface area contributed by atoms with E-state index < -0.39 is 0 Å². The number of likely N-dealkylation sites (tertiary alicyclic amines) is 2. The van der Waals surface area contributed by atoms with Gasteiger partial charge in [-0.15, -0.1) is 0 Å². The molecule has 2 saturated heterocycles. The smallest absolute Gasteiger partial charge is 0.138 e. The minimum atomic E-state index is 0.203. The second-order valence-corrected chi connectivity index (χ2v) is 11.3. The third-order valence-corrected chi connectivity index (χ3v) is 9.14. The normalized spacial score (nSPS) is 36.7. The molecule has 170 valence electrons. The summed E-state index contributed by atoms with van der Waals surface area (Å²) in [5, 5.41) is 0. The van der Waals surface area contributed by atoms with Crippen LogP contribution < -0.4 is 0 Å². The highest BCUT2D eigenvalue weighted by molar-refractivity contribution is 5.82. The Kier molecular flexibility index (Phi) is 7.04. The van der Waals surface area contributed by atoms with E-state index in [-0.39, 0.29) is 5.92 Å². The minimum Gasteiger partial charge on any atom is -0.300 e. The summed E-state index contributed by atoms with van der Waals surface area (Å²) < 4.78 is 0. The highest BCUT2D eigenvalue weighted by Crippen LogP contribution is 2.54. The molecule has 1 spiro atoms. The number of carbonyl (C=O) groups excluding carboxylic acids is 2. The Morgan fingerprint density at radius 3 is 2.13 bits per heavy atom. The number of hydrogen-bond acceptors (Lipinski definition) is 4. The summed E-state index contributed by atoms with van der Waals surface area (Å²) in [4.78, 5) is 29.9. The van der Waals surface area contributed by atoms with Crippen LogP contribution in [0.25, 0.3) is 0 Å². The maximum atomic E-state index is 12.3. The van der Waals surface area contributed by atoms with Crippen LogP contribution in [-0.4, -0.2) is 59.6 Å². The Bertz CT molecular complexity index is 607. The largest absolute Gasteiger partial charge is 0.300 e. The van der Waals surface area contributed by atoms with Crippen molar-refractivity contribution in [3.63, 3.8) is 0 Å². The Morgan fingerprint density at radius 2 is 1.53 bits per heavy atom. The van der Waals surface area contributed by atoms with Gasteiger partial charge in [0.1, 0.15) is 11.6 Å². The van der Waals surface area contributed by atoms with Crippen molar-refractivity contribution in [3.05, 3.63) is 0 Å². The van der Waals surface area contributed by atoms with E-state index in [1.54, 1.807) is 0 Å². The van der Waals surface area contributed by atoms with E-state index in [9.17, 15) is 9.59 Å². The van der Waals surface area contributed by atoms with Crippen LogP contribution in [0.15, 0.2) is 0 Å². The molecule has 0 aromatic rings. The molecule has 4 fully saturated rings. The molecule has 30 heavy (non-hydrogen) atoms. The zero-order valence-corrected chi connectivity index (χ0v) is 19.7. The van der Waals surface area contributed by atoms with Crippen LogP contribution in [0.3, 0.4) is 0 Å². The topological polar surface area (TPSA) is 40.6 Å². The summed E-state index contributed by atoms with van der Waals surface area (Å²) in [5.74, 6) is 1.82. The average Bonchev–Trinajstić information content (AvgIpc) is 2.76. The van der Waals surface area contributed by atoms with Gasteiger partial charge in [0.25, 0.3) is 0 Å². The first kappa shape index (κ1) is 22.5. The van der Waals surface area contributed by atoms with Crippen LogP contribution >= 0.6 is 0 Å². The van der Waals surface area contributed by atoms with Crippen LogP contribution in [-0.2, 0) is 9.59 Å². The average molecular weight is 417 g/mol. The summed E-state index contributed by atoms with van der Waals surface area (Å²) in [6.07, 6.45) is 13.1. The molecule has 2 saturated carbocycles. The standard InChI is InChI=1S/C26H44N2O2/c1-4-24(29)21-6-5-13-28(18-21)22-9-14-27(15-10-22)23-16-26(17-23)11-7-20(8-12-26)25(30)19(2)3/h19-23H,4-18H2,1-3H3/t20?,21-,23?,26?/m0/s1. The van der Waals surface area contributed by atoms with E-state index >= 15 is 0 Å². The van der Waals surface area contributed by atoms with Crippen molar-refractivity contribution in [1.82, 2.24) is 9.80 Å². The SMILES string of the molecule is CCC(=O)[C@H]1CCCN(C2CCN(C3CC4(CCC(C(=O)C(C)C)CC4)C3)CC2)C1. The fourth-order valence-corrected chi connectivity index (χ4v) is 7.10. The van der Waals surface area contributed by atoms with Gasteiger partial charge in [-0.25, -0.2) is 0 Å². The lowest BCUT2D eigenvalue weighted by molar-refractivity contribution is -0.129. The van der Waals surface area contributed by atoms with Gasteiger partial charge in [-0.2, -0.15) is 0 Å². The van der Waals surface area contributed by atoms with Crippen molar-refractivity contribution in [3.8, 4) is 0 Å². The molecule has 4 aliphatic rings. The van der Waals surface area contributed by atoms with Gasteiger partial charge in [0.2, 0.25) is 0 Å². The van der Waals surface area contributed by atoms with E-state index in [1.807, 2.05) is 6.92 Å². The molecule has 0 aromatic heterocycles. The number of rotatable bonds is 6. The number of hydrogen-bond donors (Lipinski definition) is 0. The Labute approximate surface area is 184 Å². The van der Waals surface area contributed by atoms with Gasteiger partial charge in [-0.05, 0) is 89.3 Å². The van der Waals surface area contributed by atoms with Gasteiger partial charge < -0.3 is 4.90 Å².